The van der Waals surface area contributed by atoms with Gasteiger partial charge < -0.3 is 14.6 Å². The largest absolute Gasteiger partial charge is 0.425 e. The highest BCUT2D eigenvalue weighted by Gasteiger charge is 2.53. The Morgan fingerprint density at radius 2 is 2.29 bits per heavy atom. The fourth-order valence-electron chi connectivity index (χ4n) is 1.33. The Kier molecular flexibility index (Phi) is 2.80. The molecule has 0 radical (unpaired) electrons. The molecule has 0 unspecified atom stereocenters. The summed E-state index contributed by atoms with van der Waals surface area (Å²) in [6.45, 7) is 4.22. The smallest absolute Gasteiger partial charge is 0.317 e. The monoisotopic (exact) mass is 202 g/mol. The molecule has 0 aromatic heterocycles. The predicted molar refractivity (Wildman–Crippen MR) is 46.0 cm³/mol. The zero-order valence-corrected chi connectivity index (χ0v) is 8.44. The Hall–Kier alpha value is -1.10. The van der Waals surface area contributed by atoms with Crippen LogP contribution >= 0.6 is 0 Å². The van der Waals surface area contributed by atoms with Crippen LogP contribution in [-0.2, 0) is 19.1 Å². The quantitative estimate of drug-likeness (QED) is 0.641. The summed E-state index contributed by atoms with van der Waals surface area (Å²) in [6, 6.07) is 0. The van der Waals surface area contributed by atoms with Gasteiger partial charge in [0.2, 0.25) is 0 Å². The summed E-state index contributed by atoms with van der Waals surface area (Å²) in [4.78, 5) is 22.0. The average Bonchev–Trinajstić information content (AvgIpc) is 2.31. The second-order valence-electron chi connectivity index (χ2n) is 3.75. The highest BCUT2D eigenvalue weighted by molar-refractivity contribution is 5.79. The van der Waals surface area contributed by atoms with Gasteiger partial charge in [0, 0.05) is 12.8 Å². The molecule has 1 saturated heterocycles. The number of hydrogen-bond acceptors (Lipinski definition) is 5. The number of aliphatic hydroxyl groups is 1. The van der Waals surface area contributed by atoms with E-state index in [1.54, 1.807) is 13.8 Å². The highest BCUT2D eigenvalue weighted by atomic mass is 16.7. The minimum absolute atomic E-state index is 0.315. The van der Waals surface area contributed by atoms with Crippen LogP contribution in [0, 0.1) is 11.3 Å². The third kappa shape index (κ3) is 1.59. The Balaban J connectivity index is 2.79. The van der Waals surface area contributed by atoms with E-state index in [0.29, 0.717) is 0 Å². The number of rotatable bonds is 2. The number of cyclic esters (lactones) is 1. The van der Waals surface area contributed by atoms with Crippen molar-refractivity contribution in [2.75, 3.05) is 6.61 Å². The number of carbonyl (C=O) groups excluding carboxylic acids is 2. The molecule has 5 nitrogen and oxygen atoms in total. The zero-order valence-electron chi connectivity index (χ0n) is 8.44. The Morgan fingerprint density at radius 3 is 2.64 bits per heavy atom. The Labute approximate surface area is 82.0 Å². The average molecular weight is 202 g/mol. The lowest BCUT2D eigenvalue weighted by Gasteiger charge is -2.22. The van der Waals surface area contributed by atoms with Gasteiger partial charge in [0.1, 0.15) is 0 Å². The first-order valence-electron chi connectivity index (χ1n) is 4.41. The van der Waals surface area contributed by atoms with Crippen LogP contribution in [0.1, 0.15) is 20.8 Å². The van der Waals surface area contributed by atoms with E-state index >= 15 is 0 Å². The predicted octanol–water partition coefficient (Wildman–Crippen LogP) is 0.0671. The topological polar surface area (TPSA) is 72.8 Å². The Morgan fingerprint density at radius 1 is 1.71 bits per heavy atom. The molecule has 80 valence electrons. The van der Waals surface area contributed by atoms with Crippen molar-refractivity contribution in [3.05, 3.63) is 0 Å². The lowest BCUT2D eigenvalue weighted by atomic mass is 9.81. The van der Waals surface area contributed by atoms with Crippen LogP contribution in [0.2, 0.25) is 0 Å². The van der Waals surface area contributed by atoms with Crippen LogP contribution in [0.5, 0.6) is 0 Å². The fourth-order valence-corrected chi connectivity index (χ4v) is 1.33. The maximum Gasteiger partial charge on any atom is 0.317 e. The lowest BCUT2D eigenvalue weighted by molar-refractivity contribution is -0.179. The molecule has 1 heterocycles. The zero-order chi connectivity index (χ0) is 10.9. The summed E-state index contributed by atoms with van der Waals surface area (Å²) in [5, 5.41) is 9.08. The molecule has 0 aromatic rings. The van der Waals surface area contributed by atoms with Crippen LogP contribution in [0.15, 0.2) is 0 Å². The van der Waals surface area contributed by atoms with Crippen molar-refractivity contribution in [2.24, 2.45) is 11.3 Å². The van der Waals surface area contributed by atoms with Gasteiger partial charge in [-0.2, -0.15) is 0 Å². The fraction of sp³-hybridized carbons (Fsp3) is 0.778. The van der Waals surface area contributed by atoms with Crippen LogP contribution < -0.4 is 0 Å². The van der Waals surface area contributed by atoms with E-state index in [9.17, 15) is 9.59 Å². The first-order chi connectivity index (χ1) is 6.41. The second-order valence-corrected chi connectivity index (χ2v) is 3.75. The van der Waals surface area contributed by atoms with Crippen molar-refractivity contribution in [3.63, 3.8) is 0 Å². The molecule has 0 bridgehead atoms. The third-order valence-electron chi connectivity index (χ3n) is 2.71. The molecule has 14 heavy (non-hydrogen) atoms. The molecule has 0 amide bonds. The minimum atomic E-state index is -0.972. The van der Waals surface area contributed by atoms with Gasteiger partial charge in [-0.15, -0.1) is 0 Å². The van der Waals surface area contributed by atoms with Crippen molar-refractivity contribution in [1.82, 2.24) is 0 Å². The number of aliphatic hydroxyl groups excluding tert-OH is 1. The van der Waals surface area contributed by atoms with E-state index in [-0.39, 0.29) is 12.5 Å². The number of ether oxygens (including phenoxy) is 2. The van der Waals surface area contributed by atoms with Crippen molar-refractivity contribution >= 4 is 11.9 Å². The van der Waals surface area contributed by atoms with E-state index < -0.39 is 23.6 Å². The van der Waals surface area contributed by atoms with Gasteiger partial charge in [-0.25, -0.2) is 0 Å². The third-order valence-corrected chi connectivity index (χ3v) is 2.71. The second kappa shape index (κ2) is 3.57. The van der Waals surface area contributed by atoms with Crippen LogP contribution in [0.4, 0.5) is 0 Å². The maximum absolute atomic E-state index is 11.4. The molecule has 3 atom stereocenters. The molecule has 0 aliphatic carbocycles. The molecule has 0 saturated carbocycles. The summed E-state index contributed by atoms with van der Waals surface area (Å²) in [6.07, 6.45) is -0.878. The molecule has 5 heteroatoms. The number of carbonyl (C=O) groups is 2. The van der Waals surface area contributed by atoms with Crippen LogP contribution in [0.3, 0.4) is 0 Å². The van der Waals surface area contributed by atoms with Crippen LogP contribution in [-0.4, -0.2) is 29.9 Å². The molecule has 1 N–H and O–H groups in total. The standard InChI is InChI=1S/C9H14O5/c1-5-7(13-6(2)11)14-8(12)9(5,3)4-10/h5,7,10H,4H2,1-3H3/t5-,7-,9-/m1/s1. The Bertz CT molecular complexity index is 262. The van der Waals surface area contributed by atoms with Gasteiger partial charge >= 0.3 is 11.9 Å². The molecular formula is C9H14O5. The minimum Gasteiger partial charge on any atom is -0.425 e. The highest BCUT2D eigenvalue weighted by Crippen LogP contribution is 2.39. The molecule has 0 spiro atoms. The normalized spacial score (nSPS) is 36.7. The summed E-state index contributed by atoms with van der Waals surface area (Å²) >= 11 is 0. The lowest BCUT2D eigenvalue weighted by Crippen LogP contribution is -2.34. The first kappa shape index (κ1) is 11.0. The van der Waals surface area contributed by atoms with Gasteiger partial charge in [0.05, 0.1) is 12.0 Å². The molecule has 1 aliphatic heterocycles. The number of esters is 2. The van der Waals surface area contributed by atoms with Crippen molar-refractivity contribution in [1.29, 1.82) is 0 Å². The summed E-state index contributed by atoms with van der Waals surface area (Å²) < 4.78 is 9.65. The van der Waals surface area contributed by atoms with Crippen molar-refractivity contribution in [3.8, 4) is 0 Å². The van der Waals surface area contributed by atoms with E-state index in [2.05, 4.69) is 0 Å². The van der Waals surface area contributed by atoms with E-state index in [0.717, 1.165) is 0 Å². The van der Waals surface area contributed by atoms with E-state index in [1.165, 1.54) is 6.92 Å². The van der Waals surface area contributed by atoms with Gasteiger partial charge in [-0.05, 0) is 6.92 Å². The maximum atomic E-state index is 11.4. The molecule has 1 rings (SSSR count). The molecule has 1 aliphatic rings. The van der Waals surface area contributed by atoms with E-state index in [4.69, 9.17) is 14.6 Å². The van der Waals surface area contributed by atoms with Gasteiger partial charge in [0.25, 0.3) is 6.29 Å². The molecule has 0 aromatic carbocycles. The summed E-state index contributed by atoms with van der Waals surface area (Å²) in [5.41, 5.74) is -0.972. The van der Waals surface area contributed by atoms with Gasteiger partial charge in [0.15, 0.2) is 0 Å². The summed E-state index contributed by atoms with van der Waals surface area (Å²) in [7, 11) is 0. The molecular weight excluding hydrogens is 188 g/mol. The van der Waals surface area contributed by atoms with Crippen molar-refractivity contribution < 1.29 is 24.2 Å². The summed E-state index contributed by atoms with van der Waals surface area (Å²) in [5.74, 6) is -1.38. The first-order valence-corrected chi connectivity index (χ1v) is 4.41. The van der Waals surface area contributed by atoms with Gasteiger partial charge in [-0.1, -0.05) is 6.92 Å². The number of hydrogen-bond donors (Lipinski definition) is 1. The van der Waals surface area contributed by atoms with E-state index in [1.807, 2.05) is 0 Å². The van der Waals surface area contributed by atoms with Gasteiger partial charge in [-0.3, -0.25) is 9.59 Å². The van der Waals surface area contributed by atoms with Crippen molar-refractivity contribution in [2.45, 2.75) is 27.1 Å². The SMILES string of the molecule is CC(=O)O[C@@H]1OC(=O)[C@](C)(CO)[C@@H]1C. The molecule has 1 fully saturated rings. The van der Waals surface area contributed by atoms with Crippen LogP contribution in [0.25, 0.3) is 0 Å².